The molecule has 1 N–H and O–H groups in total. The standard InChI is InChI=1S/C16H23N5O3/c1-11(9-21-13(3)7-12(2)18-21)8-17-14(22)10-20-6-5-15(23)19(4)16(20)24/h5-7,11H,8-10H2,1-4H3,(H,17,22). The molecule has 1 unspecified atom stereocenters. The van der Waals surface area contributed by atoms with E-state index in [1.54, 1.807) is 0 Å². The second-order valence-electron chi connectivity index (χ2n) is 6.14. The summed E-state index contributed by atoms with van der Waals surface area (Å²) >= 11 is 0. The fourth-order valence-corrected chi connectivity index (χ4v) is 2.45. The second kappa shape index (κ2) is 7.29. The van der Waals surface area contributed by atoms with Gasteiger partial charge in [0, 0.05) is 38.1 Å². The Hall–Kier alpha value is -2.64. The number of rotatable bonds is 6. The topological polar surface area (TPSA) is 90.9 Å². The van der Waals surface area contributed by atoms with Crippen LogP contribution in [0, 0.1) is 19.8 Å². The van der Waals surface area contributed by atoms with Crippen molar-refractivity contribution in [1.82, 2.24) is 24.2 Å². The predicted molar refractivity (Wildman–Crippen MR) is 89.8 cm³/mol. The maximum atomic E-state index is 12.0. The highest BCUT2D eigenvalue weighted by atomic mass is 16.2. The minimum atomic E-state index is -0.506. The van der Waals surface area contributed by atoms with Crippen molar-refractivity contribution in [2.45, 2.75) is 33.9 Å². The van der Waals surface area contributed by atoms with Crippen LogP contribution < -0.4 is 16.6 Å². The first-order valence-corrected chi connectivity index (χ1v) is 7.82. The van der Waals surface area contributed by atoms with Gasteiger partial charge in [-0.05, 0) is 25.8 Å². The number of aryl methyl sites for hydroxylation is 2. The van der Waals surface area contributed by atoms with Crippen molar-refractivity contribution in [3.63, 3.8) is 0 Å². The summed E-state index contributed by atoms with van der Waals surface area (Å²) in [7, 11) is 1.38. The van der Waals surface area contributed by atoms with Gasteiger partial charge >= 0.3 is 5.69 Å². The summed E-state index contributed by atoms with van der Waals surface area (Å²) in [6.07, 6.45) is 1.34. The Morgan fingerprint density at radius 1 is 1.33 bits per heavy atom. The Labute approximate surface area is 139 Å². The lowest BCUT2D eigenvalue weighted by Crippen LogP contribution is -2.41. The average Bonchev–Trinajstić information content (AvgIpc) is 2.83. The van der Waals surface area contributed by atoms with Crippen LogP contribution in [0.5, 0.6) is 0 Å². The molecule has 0 radical (unpaired) electrons. The molecule has 0 bridgehead atoms. The largest absolute Gasteiger partial charge is 0.354 e. The quantitative estimate of drug-likeness (QED) is 0.793. The van der Waals surface area contributed by atoms with E-state index in [-0.39, 0.29) is 18.4 Å². The molecule has 0 aliphatic rings. The minimum absolute atomic E-state index is 0.112. The lowest BCUT2D eigenvalue weighted by Gasteiger charge is -2.14. The third-order valence-corrected chi connectivity index (χ3v) is 3.81. The molecule has 0 aliphatic heterocycles. The summed E-state index contributed by atoms with van der Waals surface area (Å²) in [4.78, 5) is 35.2. The van der Waals surface area contributed by atoms with Crippen LogP contribution in [0.2, 0.25) is 0 Å². The number of nitrogens with zero attached hydrogens (tertiary/aromatic N) is 4. The monoisotopic (exact) mass is 333 g/mol. The van der Waals surface area contributed by atoms with Crippen LogP contribution in [0.4, 0.5) is 0 Å². The van der Waals surface area contributed by atoms with Gasteiger partial charge < -0.3 is 5.32 Å². The van der Waals surface area contributed by atoms with Gasteiger partial charge in [-0.15, -0.1) is 0 Å². The Morgan fingerprint density at radius 2 is 2.04 bits per heavy atom. The first-order chi connectivity index (χ1) is 11.3. The number of amides is 1. The Morgan fingerprint density at radius 3 is 2.67 bits per heavy atom. The molecule has 0 saturated carbocycles. The highest BCUT2D eigenvalue weighted by Crippen LogP contribution is 2.05. The summed E-state index contributed by atoms with van der Waals surface area (Å²) < 4.78 is 4.10. The molecule has 2 aromatic rings. The third kappa shape index (κ3) is 4.21. The van der Waals surface area contributed by atoms with Crippen molar-refractivity contribution < 1.29 is 4.79 Å². The Balaban J connectivity index is 1.89. The Bertz CT molecular complexity index is 846. The number of nitrogens with one attached hydrogen (secondary N) is 1. The summed E-state index contributed by atoms with van der Waals surface area (Å²) in [5, 5.41) is 7.21. The first kappa shape index (κ1) is 17.7. The highest BCUT2D eigenvalue weighted by molar-refractivity contribution is 5.75. The van der Waals surface area contributed by atoms with E-state index in [1.165, 1.54) is 23.9 Å². The molecule has 130 valence electrons. The fourth-order valence-electron chi connectivity index (χ4n) is 2.45. The smallest absolute Gasteiger partial charge is 0.331 e. The van der Waals surface area contributed by atoms with Gasteiger partial charge in [0.15, 0.2) is 0 Å². The van der Waals surface area contributed by atoms with Crippen LogP contribution in [0.3, 0.4) is 0 Å². The zero-order valence-corrected chi connectivity index (χ0v) is 14.4. The molecular formula is C16H23N5O3. The van der Waals surface area contributed by atoms with Crippen molar-refractivity contribution in [1.29, 1.82) is 0 Å². The third-order valence-electron chi connectivity index (χ3n) is 3.81. The SMILES string of the molecule is Cc1cc(C)n(CC(C)CNC(=O)Cn2ccc(=O)n(C)c2=O)n1. The number of aromatic nitrogens is 4. The van der Waals surface area contributed by atoms with Gasteiger partial charge in [-0.3, -0.25) is 23.4 Å². The molecule has 0 aliphatic carbocycles. The molecule has 0 saturated heterocycles. The van der Waals surface area contributed by atoms with E-state index < -0.39 is 11.2 Å². The number of hydrogen-bond donors (Lipinski definition) is 1. The van der Waals surface area contributed by atoms with Crippen LogP contribution in [-0.2, 0) is 24.9 Å². The molecular weight excluding hydrogens is 310 g/mol. The fraction of sp³-hybridized carbons (Fsp3) is 0.500. The lowest BCUT2D eigenvalue weighted by atomic mass is 10.2. The van der Waals surface area contributed by atoms with E-state index in [9.17, 15) is 14.4 Å². The molecule has 8 nitrogen and oxygen atoms in total. The van der Waals surface area contributed by atoms with E-state index in [0.29, 0.717) is 13.1 Å². The number of carbonyl (C=O) groups is 1. The number of hydrogen-bond acceptors (Lipinski definition) is 4. The van der Waals surface area contributed by atoms with Crippen LogP contribution in [-0.4, -0.2) is 31.4 Å². The van der Waals surface area contributed by atoms with Crippen molar-refractivity contribution in [3.05, 3.63) is 50.6 Å². The molecule has 24 heavy (non-hydrogen) atoms. The molecule has 2 heterocycles. The highest BCUT2D eigenvalue weighted by Gasteiger charge is 2.10. The molecule has 1 atom stereocenters. The molecule has 2 aromatic heterocycles. The van der Waals surface area contributed by atoms with Crippen LogP contribution in [0.25, 0.3) is 0 Å². The van der Waals surface area contributed by atoms with Gasteiger partial charge in [-0.1, -0.05) is 6.92 Å². The maximum Gasteiger partial charge on any atom is 0.331 e. The summed E-state index contributed by atoms with van der Waals surface area (Å²) in [6, 6.07) is 3.28. The van der Waals surface area contributed by atoms with E-state index in [1.807, 2.05) is 31.5 Å². The zero-order valence-electron chi connectivity index (χ0n) is 14.4. The zero-order chi connectivity index (χ0) is 17.9. The van der Waals surface area contributed by atoms with E-state index in [4.69, 9.17) is 0 Å². The number of carbonyl (C=O) groups excluding carboxylic acids is 1. The summed E-state index contributed by atoms with van der Waals surface area (Å²) in [5.74, 6) is -0.0697. The van der Waals surface area contributed by atoms with Crippen LogP contribution >= 0.6 is 0 Å². The van der Waals surface area contributed by atoms with Crippen molar-refractivity contribution in [3.8, 4) is 0 Å². The van der Waals surface area contributed by atoms with Crippen molar-refractivity contribution in [2.24, 2.45) is 13.0 Å². The molecule has 0 aromatic carbocycles. The van der Waals surface area contributed by atoms with Crippen LogP contribution in [0.1, 0.15) is 18.3 Å². The van der Waals surface area contributed by atoms with Crippen LogP contribution in [0.15, 0.2) is 27.9 Å². The lowest BCUT2D eigenvalue weighted by molar-refractivity contribution is -0.121. The van der Waals surface area contributed by atoms with Gasteiger partial charge in [0.25, 0.3) is 5.56 Å². The van der Waals surface area contributed by atoms with Gasteiger partial charge in [0.2, 0.25) is 5.91 Å². The second-order valence-corrected chi connectivity index (χ2v) is 6.14. The first-order valence-electron chi connectivity index (χ1n) is 7.82. The molecule has 0 spiro atoms. The van der Waals surface area contributed by atoms with E-state index in [0.717, 1.165) is 16.0 Å². The Kier molecular flexibility index (Phi) is 5.38. The molecule has 0 fully saturated rings. The van der Waals surface area contributed by atoms with E-state index >= 15 is 0 Å². The maximum absolute atomic E-state index is 12.0. The van der Waals surface area contributed by atoms with E-state index in [2.05, 4.69) is 10.4 Å². The van der Waals surface area contributed by atoms with Gasteiger partial charge in [0.05, 0.1) is 5.69 Å². The normalized spacial score (nSPS) is 12.2. The van der Waals surface area contributed by atoms with Gasteiger partial charge in [-0.25, -0.2) is 4.79 Å². The molecule has 8 heteroatoms. The predicted octanol–water partition coefficient (Wildman–Crippen LogP) is -0.187. The molecule has 2 rings (SSSR count). The molecule has 1 amide bonds. The minimum Gasteiger partial charge on any atom is -0.354 e. The van der Waals surface area contributed by atoms with Crippen molar-refractivity contribution in [2.75, 3.05) is 6.54 Å². The summed E-state index contributed by atoms with van der Waals surface area (Å²) in [6.45, 7) is 7.05. The van der Waals surface area contributed by atoms with Crippen molar-refractivity contribution >= 4 is 5.91 Å². The average molecular weight is 333 g/mol. The van der Waals surface area contributed by atoms with Gasteiger partial charge in [0.1, 0.15) is 6.54 Å². The summed E-state index contributed by atoms with van der Waals surface area (Å²) in [5.41, 5.74) is 1.16. The van der Waals surface area contributed by atoms with Gasteiger partial charge in [-0.2, -0.15) is 5.10 Å².